The summed E-state index contributed by atoms with van der Waals surface area (Å²) in [5.41, 5.74) is -0.746. The zero-order valence-electron chi connectivity index (χ0n) is 16.0. The van der Waals surface area contributed by atoms with Crippen LogP contribution in [0.15, 0.2) is 53.3 Å². The largest absolute Gasteiger partial charge is 0.438 e. The topological polar surface area (TPSA) is 64.0 Å². The lowest BCUT2D eigenvalue weighted by atomic mass is 10.1. The van der Waals surface area contributed by atoms with E-state index in [1.165, 1.54) is 18.2 Å². The van der Waals surface area contributed by atoms with Crippen molar-refractivity contribution in [2.75, 3.05) is 0 Å². The number of aromatic nitrogens is 2. The molecule has 0 saturated carbocycles. The summed E-state index contributed by atoms with van der Waals surface area (Å²) in [5.74, 6) is -0.528. The Bertz CT molecular complexity index is 1090. The highest BCUT2D eigenvalue weighted by Crippen LogP contribution is 2.27. The second-order valence-electron chi connectivity index (χ2n) is 6.75. The number of hydrogen-bond acceptors (Lipinski definition) is 3. The molecule has 0 fully saturated rings. The van der Waals surface area contributed by atoms with E-state index < -0.39 is 29.4 Å². The van der Waals surface area contributed by atoms with E-state index in [0.29, 0.717) is 0 Å². The minimum atomic E-state index is -4.92. The molecule has 1 N–H and O–H groups in total. The molecule has 0 radical (unpaired) electrons. The molecule has 5 nitrogen and oxygen atoms in total. The van der Waals surface area contributed by atoms with Crippen LogP contribution in [-0.4, -0.2) is 15.5 Å². The van der Waals surface area contributed by atoms with Gasteiger partial charge in [0, 0.05) is 6.54 Å². The molecule has 29 heavy (non-hydrogen) atoms. The smallest absolute Gasteiger partial charge is 0.350 e. The Kier molecular flexibility index (Phi) is 5.72. The number of halogens is 3. The van der Waals surface area contributed by atoms with Crippen LogP contribution in [0.4, 0.5) is 13.2 Å². The number of benzene rings is 2. The van der Waals surface area contributed by atoms with Gasteiger partial charge < -0.3 is 5.32 Å². The van der Waals surface area contributed by atoms with E-state index in [0.717, 1.165) is 15.7 Å². The monoisotopic (exact) mass is 403 g/mol. The molecule has 3 aromatic rings. The fourth-order valence-electron chi connectivity index (χ4n) is 3.15. The van der Waals surface area contributed by atoms with Gasteiger partial charge in [-0.3, -0.25) is 14.2 Å². The van der Waals surface area contributed by atoms with E-state index in [4.69, 9.17) is 0 Å². The van der Waals surface area contributed by atoms with Crippen LogP contribution in [0, 0.1) is 6.92 Å². The average molecular weight is 403 g/mol. The number of aryl methyl sites for hydroxylation is 1. The lowest BCUT2D eigenvalue weighted by Crippen LogP contribution is -2.39. The molecule has 1 heterocycles. The number of carbonyl (C=O) groups excluding carboxylic acids is 1. The zero-order chi connectivity index (χ0) is 21.2. The van der Waals surface area contributed by atoms with E-state index in [2.05, 4.69) is 10.3 Å². The van der Waals surface area contributed by atoms with Gasteiger partial charge in [-0.25, -0.2) is 4.98 Å². The number of nitrogens with zero attached hydrogens (tertiary/aromatic N) is 2. The number of carbonyl (C=O) groups is 1. The lowest BCUT2D eigenvalue weighted by Gasteiger charge is -2.21. The molecule has 0 bridgehead atoms. The molecule has 2 aromatic carbocycles. The Hall–Kier alpha value is -3.16. The lowest BCUT2D eigenvalue weighted by molar-refractivity contribution is -0.142. The fraction of sp³-hybridized carbons (Fsp3) is 0.286. The van der Waals surface area contributed by atoms with E-state index in [1.807, 2.05) is 31.2 Å². The van der Waals surface area contributed by atoms with E-state index in [-0.39, 0.29) is 24.0 Å². The SMILES string of the molecule is CC[C@@H](C(=O)NCc1ccc(C)cc1)n1c(=O)c(C(F)(F)F)nc2ccccc21. The summed E-state index contributed by atoms with van der Waals surface area (Å²) in [6, 6.07) is 12.4. The minimum Gasteiger partial charge on any atom is -0.350 e. The second-order valence-corrected chi connectivity index (χ2v) is 6.75. The highest BCUT2D eigenvalue weighted by molar-refractivity contribution is 5.83. The number of para-hydroxylation sites is 2. The van der Waals surface area contributed by atoms with Crippen molar-refractivity contribution in [2.45, 2.75) is 39.0 Å². The third-order valence-corrected chi connectivity index (χ3v) is 4.65. The maximum atomic E-state index is 13.4. The van der Waals surface area contributed by atoms with Gasteiger partial charge in [0.25, 0.3) is 5.56 Å². The first-order valence-electron chi connectivity index (χ1n) is 9.14. The molecular weight excluding hydrogens is 383 g/mol. The molecule has 0 unspecified atom stereocenters. The van der Waals surface area contributed by atoms with Crippen LogP contribution in [0.25, 0.3) is 11.0 Å². The Morgan fingerprint density at radius 1 is 1.14 bits per heavy atom. The summed E-state index contributed by atoms with van der Waals surface area (Å²) >= 11 is 0. The summed E-state index contributed by atoms with van der Waals surface area (Å²) < 4.78 is 41.0. The molecule has 1 atom stereocenters. The maximum absolute atomic E-state index is 13.4. The molecule has 0 aliphatic carbocycles. The molecule has 1 amide bonds. The summed E-state index contributed by atoms with van der Waals surface area (Å²) in [6.07, 6.45) is -4.77. The quantitative estimate of drug-likeness (QED) is 0.701. The number of amides is 1. The summed E-state index contributed by atoms with van der Waals surface area (Å²) in [6.45, 7) is 3.79. The van der Waals surface area contributed by atoms with Crippen LogP contribution in [-0.2, 0) is 17.5 Å². The Morgan fingerprint density at radius 3 is 2.41 bits per heavy atom. The molecule has 0 saturated heterocycles. The molecule has 3 rings (SSSR count). The van der Waals surface area contributed by atoms with Crippen molar-refractivity contribution in [3.8, 4) is 0 Å². The van der Waals surface area contributed by atoms with Gasteiger partial charge >= 0.3 is 6.18 Å². The Balaban J connectivity index is 2.01. The summed E-state index contributed by atoms with van der Waals surface area (Å²) in [5, 5.41) is 2.72. The van der Waals surface area contributed by atoms with Crippen LogP contribution in [0.3, 0.4) is 0 Å². The molecule has 8 heteroatoms. The molecule has 0 aliphatic rings. The van der Waals surface area contributed by atoms with Gasteiger partial charge in [0.15, 0.2) is 0 Å². The van der Waals surface area contributed by atoms with Crippen LogP contribution in [0.5, 0.6) is 0 Å². The normalized spacial score (nSPS) is 12.7. The number of rotatable bonds is 5. The first-order valence-corrected chi connectivity index (χ1v) is 9.14. The number of nitrogens with one attached hydrogen (secondary N) is 1. The molecule has 152 valence electrons. The molecule has 0 spiro atoms. The number of hydrogen-bond donors (Lipinski definition) is 1. The number of fused-ring (bicyclic) bond motifs is 1. The number of alkyl halides is 3. The first kappa shape index (κ1) is 20.6. The molecular formula is C21H20F3N3O2. The molecule has 0 aliphatic heterocycles. The van der Waals surface area contributed by atoms with Crippen molar-refractivity contribution < 1.29 is 18.0 Å². The third-order valence-electron chi connectivity index (χ3n) is 4.65. The molecule has 1 aromatic heterocycles. The van der Waals surface area contributed by atoms with Crippen molar-refractivity contribution in [1.82, 2.24) is 14.9 Å². The fourth-order valence-corrected chi connectivity index (χ4v) is 3.15. The van der Waals surface area contributed by atoms with Crippen molar-refractivity contribution in [3.63, 3.8) is 0 Å². The Labute approximate surface area is 165 Å². The standard InChI is InChI=1S/C21H20F3N3O2/c1-3-16(19(28)25-12-14-10-8-13(2)9-11-14)27-17-7-5-4-6-15(17)26-18(20(27)29)21(22,23)24/h4-11,16H,3,12H2,1-2H3,(H,25,28)/t16-/m0/s1. The average Bonchev–Trinajstić information content (AvgIpc) is 2.68. The zero-order valence-corrected chi connectivity index (χ0v) is 16.0. The van der Waals surface area contributed by atoms with Crippen molar-refractivity contribution in [2.24, 2.45) is 0 Å². The van der Waals surface area contributed by atoms with Gasteiger partial charge in [0.1, 0.15) is 6.04 Å². The van der Waals surface area contributed by atoms with Crippen LogP contribution in [0.1, 0.15) is 36.2 Å². The van der Waals surface area contributed by atoms with Crippen molar-refractivity contribution in [1.29, 1.82) is 0 Å². The van der Waals surface area contributed by atoms with Gasteiger partial charge in [-0.2, -0.15) is 13.2 Å². The predicted octanol–water partition coefficient (Wildman–Crippen LogP) is 3.99. The van der Waals surface area contributed by atoms with Crippen molar-refractivity contribution in [3.05, 3.63) is 75.7 Å². The van der Waals surface area contributed by atoms with E-state index >= 15 is 0 Å². The minimum absolute atomic E-state index is 0.00390. The summed E-state index contributed by atoms with van der Waals surface area (Å²) in [4.78, 5) is 28.9. The van der Waals surface area contributed by atoms with Gasteiger partial charge in [0.05, 0.1) is 11.0 Å². The van der Waals surface area contributed by atoms with Gasteiger partial charge in [-0.15, -0.1) is 0 Å². The predicted molar refractivity (Wildman–Crippen MR) is 103 cm³/mol. The maximum Gasteiger partial charge on any atom is 0.438 e. The van der Waals surface area contributed by atoms with Gasteiger partial charge in [-0.05, 0) is 31.0 Å². The van der Waals surface area contributed by atoms with Crippen LogP contribution >= 0.6 is 0 Å². The van der Waals surface area contributed by atoms with Crippen LogP contribution < -0.4 is 10.9 Å². The van der Waals surface area contributed by atoms with E-state index in [9.17, 15) is 22.8 Å². The third kappa shape index (κ3) is 4.31. The summed E-state index contributed by atoms with van der Waals surface area (Å²) in [7, 11) is 0. The first-order chi connectivity index (χ1) is 13.7. The van der Waals surface area contributed by atoms with Gasteiger partial charge in [0.2, 0.25) is 11.6 Å². The highest BCUT2D eigenvalue weighted by Gasteiger charge is 2.38. The van der Waals surface area contributed by atoms with Crippen LogP contribution in [0.2, 0.25) is 0 Å². The second kappa shape index (κ2) is 8.06. The Morgan fingerprint density at radius 2 is 1.79 bits per heavy atom. The van der Waals surface area contributed by atoms with E-state index in [1.54, 1.807) is 13.0 Å². The highest BCUT2D eigenvalue weighted by atomic mass is 19.4. The van der Waals surface area contributed by atoms with Gasteiger partial charge in [-0.1, -0.05) is 48.9 Å². The van der Waals surface area contributed by atoms with Crippen molar-refractivity contribution >= 4 is 16.9 Å².